The third kappa shape index (κ3) is 6.97. The van der Waals surface area contributed by atoms with Gasteiger partial charge in [0.1, 0.15) is 18.6 Å². The normalized spacial score (nSPS) is 18.3. The van der Waals surface area contributed by atoms with Crippen molar-refractivity contribution in [2.75, 3.05) is 30.3 Å². The molecule has 2 aromatic heterocycles. The zero-order valence-electron chi connectivity index (χ0n) is 19.5. The molecule has 3 rings (SSSR count). The van der Waals surface area contributed by atoms with E-state index in [0.29, 0.717) is 29.0 Å². The Hall–Kier alpha value is -2.08. The number of fused-ring (bicyclic) bond motifs is 1. The molecule has 0 saturated carbocycles. The molecule has 34 heavy (non-hydrogen) atoms. The lowest BCUT2D eigenvalue weighted by molar-refractivity contribution is -0.380. The maximum atomic E-state index is 13.7. The number of aromatic nitrogens is 3. The second kappa shape index (κ2) is 11.1. The van der Waals surface area contributed by atoms with E-state index in [4.69, 9.17) is 4.74 Å². The highest BCUT2D eigenvalue weighted by molar-refractivity contribution is 7.99. The summed E-state index contributed by atoms with van der Waals surface area (Å²) in [6.45, 7) is 2.58. The highest BCUT2D eigenvalue weighted by Gasteiger charge is 2.52. The van der Waals surface area contributed by atoms with Crippen molar-refractivity contribution >= 4 is 34.5 Å². The van der Waals surface area contributed by atoms with Crippen molar-refractivity contribution in [2.24, 2.45) is 13.0 Å². The highest BCUT2D eigenvalue weighted by Crippen LogP contribution is 2.38. The van der Waals surface area contributed by atoms with E-state index >= 15 is 0 Å². The lowest BCUT2D eigenvalue weighted by atomic mass is 10.0. The van der Waals surface area contributed by atoms with Gasteiger partial charge in [-0.2, -0.15) is 17.6 Å². The van der Waals surface area contributed by atoms with Gasteiger partial charge in [0.15, 0.2) is 5.16 Å². The lowest BCUT2D eigenvalue weighted by Gasteiger charge is -2.37. The Morgan fingerprint density at radius 2 is 1.97 bits per heavy atom. The van der Waals surface area contributed by atoms with Crippen molar-refractivity contribution in [3.05, 3.63) is 12.4 Å². The number of morpholine rings is 1. The Kier molecular flexibility index (Phi) is 8.66. The van der Waals surface area contributed by atoms with Crippen molar-refractivity contribution in [3.8, 4) is 0 Å². The first-order chi connectivity index (χ1) is 16.0. The van der Waals surface area contributed by atoms with Crippen LogP contribution in [0.25, 0.3) is 11.0 Å². The standard InChI is InChI=1S/C22H30F4N4O3S/c1-4-6-7-15(5-2)12-32-18(31)8-9-34-20-27-10-16-19(28-20)17(11-29(16)3)30-13-21(23,24)33-22(25,26)14-30/h10-11,15H,4-9,12-14H2,1-3H3. The summed E-state index contributed by atoms with van der Waals surface area (Å²) in [5, 5.41) is 0.314. The number of nitrogens with zero attached hydrogens (tertiary/aromatic N) is 4. The predicted molar refractivity (Wildman–Crippen MR) is 121 cm³/mol. The zero-order chi connectivity index (χ0) is 24.9. The summed E-state index contributed by atoms with van der Waals surface area (Å²) in [5.41, 5.74) is 0.925. The van der Waals surface area contributed by atoms with E-state index in [-0.39, 0.29) is 23.6 Å². The van der Waals surface area contributed by atoms with Gasteiger partial charge in [-0.1, -0.05) is 44.9 Å². The minimum atomic E-state index is -4.00. The maximum absolute atomic E-state index is 13.7. The molecule has 0 N–H and O–H groups in total. The fourth-order valence-electron chi connectivity index (χ4n) is 3.78. The second-order valence-electron chi connectivity index (χ2n) is 8.44. The summed E-state index contributed by atoms with van der Waals surface area (Å²) in [6.07, 6.45) is -0.671. The molecule has 1 aliphatic heterocycles. The Labute approximate surface area is 200 Å². The molecule has 1 atom stereocenters. The number of hydrogen-bond donors (Lipinski definition) is 0. The van der Waals surface area contributed by atoms with Gasteiger partial charge in [-0.05, 0) is 12.3 Å². The number of anilines is 1. The number of carbonyl (C=O) groups excluding carboxylic acids is 1. The van der Waals surface area contributed by atoms with E-state index < -0.39 is 25.3 Å². The van der Waals surface area contributed by atoms with Gasteiger partial charge in [-0.3, -0.25) is 9.53 Å². The number of carbonyl (C=O) groups is 1. The number of esters is 1. The molecule has 0 spiro atoms. The van der Waals surface area contributed by atoms with Gasteiger partial charge in [-0.25, -0.2) is 9.97 Å². The quantitative estimate of drug-likeness (QED) is 0.179. The van der Waals surface area contributed by atoms with Gasteiger partial charge in [0, 0.05) is 19.0 Å². The van der Waals surface area contributed by atoms with E-state index in [1.165, 1.54) is 24.2 Å². The summed E-state index contributed by atoms with van der Waals surface area (Å²) in [5.74, 6) is 0.423. The third-order valence-electron chi connectivity index (χ3n) is 5.64. The first kappa shape index (κ1) is 26.5. The first-order valence-corrected chi connectivity index (χ1v) is 12.3. The van der Waals surface area contributed by atoms with Gasteiger partial charge in [0.05, 0.1) is 30.4 Å². The molecule has 1 fully saturated rings. The Morgan fingerprint density at radius 1 is 1.26 bits per heavy atom. The molecule has 12 heteroatoms. The number of hydrogen-bond acceptors (Lipinski definition) is 7. The van der Waals surface area contributed by atoms with Gasteiger partial charge in [0.25, 0.3) is 0 Å². The molecular weight excluding hydrogens is 476 g/mol. The second-order valence-corrected chi connectivity index (χ2v) is 9.50. The molecule has 0 amide bonds. The monoisotopic (exact) mass is 506 g/mol. The number of thioether (sulfide) groups is 1. The number of aryl methyl sites for hydroxylation is 1. The minimum absolute atomic E-state index is 0.140. The van der Waals surface area contributed by atoms with Crippen LogP contribution in [-0.4, -0.2) is 58.2 Å². The van der Waals surface area contributed by atoms with E-state index in [1.807, 2.05) is 0 Å². The average Bonchev–Trinajstić information content (AvgIpc) is 3.08. The molecule has 2 aromatic rings. The molecule has 1 saturated heterocycles. The van der Waals surface area contributed by atoms with Crippen LogP contribution in [0.5, 0.6) is 0 Å². The van der Waals surface area contributed by atoms with E-state index in [0.717, 1.165) is 30.6 Å². The van der Waals surface area contributed by atoms with Crippen LogP contribution in [0.2, 0.25) is 0 Å². The molecule has 0 aromatic carbocycles. The Balaban J connectivity index is 1.62. The number of unbranched alkanes of at least 4 members (excludes halogenated alkanes) is 1. The molecule has 1 unspecified atom stereocenters. The van der Waals surface area contributed by atoms with Gasteiger partial charge in [0.2, 0.25) is 0 Å². The minimum Gasteiger partial charge on any atom is -0.465 e. The van der Waals surface area contributed by atoms with Crippen LogP contribution in [0.1, 0.15) is 46.0 Å². The van der Waals surface area contributed by atoms with Crippen LogP contribution in [0, 0.1) is 5.92 Å². The molecule has 190 valence electrons. The Morgan fingerprint density at radius 3 is 2.62 bits per heavy atom. The van der Waals surface area contributed by atoms with Crippen LogP contribution in [0.15, 0.2) is 17.6 Å². The predicted octanol–water partition coefficient (Wildman–Crippen LogP) is 5.23. The molecule has 7 nitrogen and oxygen atoms in total. The van der Waals surface area contributed by atoms with Gasteiger partial charge in [-0.15, -0.1) is 0 Å². The van der Waals surface area contributed by atoms with Crippen LogP contribution < -0.4 is 4.90 Å². The number of rotatable bonds is 11. The maximum Gasteiger partial charge on any atom is 0.377 e. The van der Waals surface area contributed by atoms with Crippen LogP contribution in [-0.2, 0) is 21.3 Å². The van der Waals surface area contributed by atoms with Crippen molar-refractivity contribution in [2.45, 2.75) is 63.3 Å². The lowest BCUT2D eigenvalue weighted by Crippen LogP contribution is -2.55. The van der Waals surface area contributed by atoms with Gasteiger partial charge >= 0.3 is 18.2 Å². The van der Waals surface area contributed by atoms with E-state index in [9.17, 15) is 22.4 Å². The Bertz CT molecular complexity index is 972. The summed E-state index contributed by atoms with van der Waals surface area (Å²) in [6, 6.07) is 0. The summed E-state index contributed by atoms with van der Waals surface area (Å²) < 4.78 is 65.5. The molecule has 0 bridgehead atoms. The SMILES string of the molecule is CCCCC(CC)COC(=O)CCSc1ncc2c(n1)c(N1CC(F)(F)OC(F)(F)C1)cn2C. The highest BCUT2D eigenvalue weighted by atomic mass is 32.2. The number of ether oxygens (including phenoxy) is 2. The summed E-state index contributed by atoms with van der Waals surface area (Å²) in [7, 11) is 1.65. The van der Waals surface area contributed by atoms with Crippen LogP contribution in [0.3, 0.4) is 0 Å². The van der Waals surface area contributed by atoms with Crippen LogP contribution >= 0.6 is 11.8 Å². The molecule has 3 heterocycles. The van der Waals surface area contributed by atoms with Gasteiger partial charge < -0.3 is 14.2 Å². The molecule has 0 radical (unpaired) electrons. The average molecular weight is 507 g/mol. The zero-order valence-corrected chi connectivity index (χ0v) is 20.3. The van der Waals surface area contributed by atoms with Crippen molar-refractivity contribution in [1.82, 2.24) is 14.5 Å². The van der Waals surface area contributed by atoms with Crippen molar-refractivity contribution < 1.29 is 31.8 Å². The molecular formula is C22H30F4N4O3S. The largest absolute Gasteiger partial charge is 0.465 e. The topological polar surface area (TPSA) is 69.5 Å². The third-order valence-corrected chi connectivity index (χ3v) is 6.50. The smallest absolute Gasteiger partial charge is 0.377 e. The fourth-order valence-corrected chi connectivity index (χ4v) is 4.52. The van der Waals surface area contributed by atoms with E-state index in [2.05, 4.69) is 28.6 Å². The van der Waals surface area contributed by atoms with Crippen molar-refractivity contribution in [3.63, 3.8) is 0 Å². The van der Waals surface area contributed by atoms with Crippen LogP contribution in [0.4, 0.5) is 23.2 Å². The summed E-state index contributed by atoms with van der Waals surface area (Å²) >= 11 is 1.21. The van der Waals surface area contributed by atoms with E-state index in [1.54, 1.807) is 11.6 Å². The summed E-state index contributed by atoms with van der Waals surface area (Å²) in [4.78, 5) is 21.6. The first-order valence-electron chi connectivity index (χ1n) is 11.3. The fraction of sp³-hybridized carbons (Fsp3) is 0.682. The molecule has 0 aliphatic carbocycles. The number of alkyl halides is 4. The van der Waals surface area contributed by atoms with Crippen molar-refractivity contribution in [1.29, 1.82) is 0 Å². The molecule has 1 aliphatic rings. The number of halogens is 4.